The van der Waals surface area contributed by atoms with E-state index in [0.29, 0.717) is 52.1 Å². The van der Waals surface area contributed by atoms with E-state index in [9.17, 15) is 18.0 Å². The molecule has 1 amide bonds. The Morgan fingerprint density at radius 3 is 2.86 bits per heavy atom. The molecule has 2 aromatic carbocycles. The van der Waals surface area contributed by atoms with Crippen LogP contribution in [0.2, 0.25) is 0 Å². The zero-order chi connectivity index (χ0) is 26.0. The Morgan fingerprint density at radius 2 is 2.08 bits per heavy atom. The third-order valence-electron chi connectivity index (χ3n) is 5.81. The maximum absolute atomic E-state index is 12.6. The molecule has 196 valence electrons. The molecule has 0 spiro atoms. The number of alkyl halides is 3. The highest BCUT2D eigenvalue weighted by molar-refractivity contribution is 7.22. The predicted octanol–water partition coefficient (Wildman–Crippen LogP) is 4.75. The number of anilines is 2. The van der Waals surface area contributed by atoms with E-state index in [4.69, 9.17) is 9.47 Å². The average molecular weight is 536 g/mol. The summed E-state index contributed by atoms with van der Waals surface area (Å²) >= 11 is 1.17. The molecular formula is C24H24F3N5O4S. The first kappa shape index (κ1) is 25.2. The summed E-state index contributed by atoms with van der Waals surface area (Å²) in [7, 11) is 1.81. The molecule has 2 aromatic heterocycles. The second kappa shape index (κ2) is 10.5. The highest BCUT2D eigenvalue weighted by Gasteiger charge is 2.31. The van der Waals surface area contributed by atoms with Gasteiger partial charge in [-0.25, -0.2) is 9.97 Å². The fraction of sp³-hybridized carbons (Fsp3) is 0.375. The number of benzene rings is 2. The molecule has 1 unspecified atom stereocenters. The SMILES string of the molecule is Cn1c(Nc2nc3ccc(OC(F)(F)F)cc3s2)nc2cc(C(=O)NCCOCC3CCCO3)ccc21. The lowest BCUT2D eigenvalue weighted by Gasteiger charge is -2.10. The van der Waals surface area contributed by atoms with Crippen molar-refractivity contribution in [2.24, 2.45) is 7.05 Å². The number of fused-ring (bicyclic) bond motifs is 2. The molecule has 0 saturated carbocycles. The van der Waals surface area contributed by atoms with Crippen LogP contribution in [0, 0.1) is 0 Å². The first-order valence-electron chi connectivity index (χ1n) is 11.6. The van der Waals surface area contributed by atoms with Gasteiger partial charge in [-0.15, -0.1) is 13.2 Å². The van der Waals surface area contributed by atoms with Crippen molar-refractivity contribution in [3.63, 3.8) is 0 Å². The van der Waals surface area contributed by atoms with Crippen LogP contribution in [-0.2, 0) is 16.5 Å². The van der Waals surface area contributed by atoms with Crippen molar-refractivity contribution in [1.29, 1.82) is 0 Å². The van der Waals surface area contributed by atoms with Gasteiger partial charge >= 0.3 is 6.36 Å². The molecule has 0 radical (unpaired) electrons. The smallest absolute Gasteiger partial charge is 0.406 e. The van der Waals surface area contributed by atoms with Crippen LogP contribution in [0.15, 0.2) is 36.4 Å². The van der Waals surface area contributed by atoms with Gasteiger partial charge in [-0.05, 0) is 43.2 Å². The quantitative estimate of drug-likeness (QED) is 0.299. The van der Waals surface area contributed by atoms with Crippen LogP contribution in [0.5, 0.6) is 5.75 Å². The lowest BCUT2D eigenvalue weighted by Crippen LogP contribution is -2.28. The molecular weight excluding hydrogens is 511 g/mol. The van der Waals surface area contributed by atoms with Crippen molar-refractivity contribution in [3.8, 4) is 5.75 Å². The van der Waals surface area contributed by atoms with Gasteiger partial charge in [0, 0.05) is 31.8 Å². The first-order valence-corrected chi connectivity index (χ1v) is 12.4. The van der Waals surface area contributed by atoms with E-state index in [1.165, 1.54) is 29.5 Å². The van der Waals surface area contributed by atoms with E-state index in [2.05, 4.69) is 25.3 Å². The number of ether oxygens (including phenoxy) is 3. The molecule has 0 aliphatic carbocycles. The van der Waals surface area contributed by atoms with E-state index in [0.717, 1.165) is 25.0 Å². The summed E-state index contributed by atoms with van der Waals surface area (Å²) in [6, 6.07) is 9.19. The molecule has 1 aliphatic heterocycles. The molecule has 1 aliphatic rings. The molecule has 1 fully saturated rings. The van der Waals surface area contributed by atoms with Crippen molar-refractivity contribution in [2.45, 2.75) is 25.3 Å². The van der Waals surface area contributed by atoms with E-state index in [1.54, 1.807) is 22.8 Å². The standard InChI is InChI=1S/C24H24F3N5O4S/c1-32-19-7-4-14(21(33)28-8-10-34-13-16-3-2-9-35-16)11-18(19)29-22(32)31-23-30-17-6-5-15(12-20(17)37-23)36-24(25,26)27/h4-7,11-12,16H,2-3,8-10,13H2,1H3,(H,28,33)(H,29,30,31). The van der Waals surface area contributed by atoms with Crippen LogP contribution in [0.4, 0.5) is 24.3 Å². The predicted molar refractivity (Wildman–Crippen MR) is 132 cm³/mol. The third kappa shape index (κ3) is 6.12. The largest absolute Gasteiger partial charge is 0.573 e. The lowest BCUT2D eigenvalue weighted by atomic mass is 10.2. The molecule has 2 N–H and O–H groups in total. The number of carbonyl (C=O) groups excluding carboxylic acids is 1. The number of aryl methyl sites for hydroxylation is 1. The second-order valence-electron chi connectivity index (χ2n) is 8.49. The zero-order valence-electron chi connectivity index (χ0n) is 19.8. The minimum absolute atomic E-state index is 0.147. The third-order valence-corrected chi connectivity index (χ3v) is 6.75. The average Bonchev–Trinajstić information content (AvgIpc) is 3.57. The highest BCUT2D eigenvalue weighted by Crippen LogP contribution is 2.33. The van der Waals surface area contributed by atoms with E-state index >= 15 is 0 Å². The molecule has 3 heterocycles. The van der Waals surface area contributed by atoms with Gasteiger partial charge in [0.05, 0.1) is 40.6 Å². The number of halogens is 3. The normalized spacial score (nSPS) is 15.9. The molecule has 5 rings (SSSR count). The fourth-order valence-electron chi connectivity index (χ4n) is 4.03. The number of hydrogen-bond acceptors (Lipinski definition) is 8. The molecule has 37 heavy (non-hydrogen) atoms. The van der Waals surface area contributed by atoms with Gasteiger partial charge in [0.1, 0.15) is 5.75 Å². The summed E-state index contributed by atoms with van der Waals surface area (Å²) in [4.78, 5) is 21.6. The van der Waals surface area contributed by atoms with Crippen LogP contribution < -0.4 is 15.4 Å². The maximum Gasteiger partial charge on any atom is 0.573 e. The monoisotopic (exact) mass is 535 g/mol. The Hall–Kier alpha value is -3.42. The minimum Gasteiger partial charge on any atom is -0.406 e. The zero-order valence-corrected chi connectivity index (χ0v) is 20.6. The Kier molecular flexibility index (Phi) is 7.17. The van der Waals surface area contributed by atoms with Gasteiger partial charge in [0.15, 0.2) is 5.13 Å². The first-order chi connectivity index (χ1) is 17.7. The summed E-state index contributed by atoms with van der Waals surface area (Å²) < 4.78 is 54.9. The van der Waals surface area contributed by atoms with Gasteiger partial charge in [-0.2, -0.15) is 0 Å². The van der Waals surface area contributed by atoms with Crippen LogP contribution in [-0.4, -0.2) is 59.3 Å². The van der Waals surface area contributed by atoms with Crippen molar-refractivity contribution in [2.75, 3.05) is 31.7 Å². The van der Waals surface area contributed by atoms with Gasteiger partial charge in [0.2, 0.25) is 5.95 Å². The Balaban J connectivity index is 1.23. The summed E-state index contributed by atoms with van der Waals surface area (Å²) in [5, 5.41) is 6.40. The molecule has 1 saturated heterocycles. The number of hydrogen-bond donors (Lipinski definition) is 2. The van der Waals surface area contributed by atoms with Gasteiger partial charge in [-0.1, -0.05) is 11.3 Å². The number of amides is 1. The van der Waals surface area contributed by atoms with Crippen LogP contribution in [0.3, 0.4) is 0 Å². The summed E-state index contributed by atoms with van der Waals surface area (Å²) in [6.45, 7) is 2.09. The molecule has 4 aromatic rings. The van der Waals surface area contributed by atoms with Crippen LogP contribution in [0.1, 0.15) is 23.2 Å². The summed E-state index contributed by atoms with van der Waals surface area (Å²) in [5.74, 6) is -0.0649. The van der Waals surface area contributed by atoms with Gasteiger partial charge in [0.25, 0.3) is 5.91 Å². The van der Waals surface area contributed by atoms with Crippen molar-refractivity contribution >= 4 is 49.6 Å². The highest BCUT2D eigenvalue weighted by atomic mass is 32.1. The van der Waals surface area contributed by atoms with E-state index in [1.807, 2.05) is 7.05 Å². The molecule has 9 nitrogen and oxygen atoms in total. The Morgan fingerprint density at radius 1 is 1.22 bits per heavy atom. The Labute approximate surface area is 213 Å². The number of thiazole rings is 1. The number of rotatable bonds is 9. The molecule has 0 bridgehead atoms. The van der Waals surface area contributed by atoms with Crippen molar-refractivity contribution in [3.05, 3.63) is 42.0 Å². The number of aromatic nitrogens is 3. The lowest BCUT2D eigenvalue weighted by molar-refractivity contribution is -0.274. The van der Waals surface area contributed by atoms with Gasteiger partial charge < -0.3 is 29.4 Å². The van der Waals surface area contributed by atoms with E-state index < -0.39 is 6.36 Å². The Bertz CT molecular complexity index is 1410. The summed E-state index contributed by atoms with van der Waals surface area (Å²) in [6.07, 6.45) is -2.56. The fourth-order valence-corrected chi connectivity index (χ4v) is 4.92. The minimum atomic E-state index is -4.76. The number of nitrogens with zero attached hydrogens (tertiary/aromatic N) is 3. The molecule has 1 atom stereocenters. The van der Waals surface area contributed by atoms with E-state index in [-0.39, 0.29) is 17.8 Å². The summed E-state index contributed by atoms with van der Waals surface area (Å²) in [5.41, 5.74) is 2.39. The second-order valence-corrected chi connectivity index (χ2v) is 9.52. The maximum atomic E-state index is 12.6. The van der Waals surface area contributed by atoms with Crippen LogP contribution in [0.25, 0.3) is 21.3 Å². The molecule has 13 heteroatoms. The van der Waals surface area contributed by atoms with Crippen molar-refractivity contribution in [1.82, 2.24) is 19.9 Å². The van der Waals surface area contributed by atoms with Crippen LogP contribution >= 0.6 is 11.3 Å². The number of imidazole rings is 1. The van der Waals surface area contributed by atoms with Crippen molar-refractivity contribution < 1.29 is 32.2 Å². The number of carbonyl (C=O) groups is 1. The van der Waals surface area contributed by atoms with Gasteiger partial charge in [-0.3, -0.25) is 4.79 Å². The number of nitrogens with one attached hydrogen (secondary N) is 2. The topological polar surface area (TPSA) is 99.5 Å².